The van der Waals surface area contributed by atoms with Crippen LogP contribution in [0.1, 0.15) is 42.5 Å². The molecule has 2 aromatic carbocycles. The third-order valence-corrected chi connectivity index (χ3v) is 5.27. The molecule has 0 spiro atoms. The highest BCUT2D eigenvalue weighted by atomic mass is 19.1. The van der Waals surface area contributed by atoms with Crippen LogP contribution in [0.4, 0.5) is 4.39 Å². The molecule has 1 amide bonds. The Morgan fingerprint density at radius 1 is 1.31 bits per heavy atom. The van der Waals surface area contributed by atoms with Crippen molar-refractivity contribution in [2.45, 2.75) is 32.2 Å². The van der Waals surface area contributed by atoms with E-state index in [4.69, 9.17) is 9.84 Å². The van der Waals surface area contributed by atoms with Gasteiger partial charge in [0, 0.05) is 17.9 Å². The lowest BCUT2D eigenvalue weighted by Crippen LogP contribution is -2.32. The van der Waals surface area contributed by atoms with Crippen molar-refractivity contribution in [2.75, 3.05) is 7.11 Å². The normalized spacial score (nSPS) is 21.0. The average Bonchev–Trinajstić information content (AvgIpc) is 3.06. The van der Waals surface area contributed by atoms with E-state index >= 15 is 0 Å². The van der Waals surface area contributed by atoms with Crippen LogP contribution in [0.5, 0.6) is 5.75 Å². The number of rotatable bonds is 3. The summed E-state index contributed by atoms with van der Waals surface area (Å²) in [6, 6.07) is 12.2. The van der Waals surface area contributed by atoms with Crippen LogP contribution >= 0.6 is 0 Å². The zero-order valence-electron chi connectivity index (χ0n) is 14.9. The van der Waals surface area contributed by atoms with E-state index in [1.165, 1.54) is 17.7 Å². The molecule has 0 unspecified atom stereocenters. The zero-order chi connectivity index (χ0) is 18.3. The molecule has 4 rings (SSSR count). The molecule has 0 saturated heterocycles. The Morgan fingerprint density at radius 3 is 2.88 bits per heavy atom. The number of methoxy groups -OCH3 is 1. The number of amides is 1. The third-order valence-electron chi connectivity index (χ3n) is 5.27. The van der Waals surface area contributed by atoms with Gasteiger partial charge < -0.3 is 4.74 Å². The van der Waals surface area contributed by atoms with Crippen LogP contribution < -0.4 is 4.74 Å². The summed E-state index contributed by atoms with van der Waals surface area (Å²) in [6.45, 7) is 1.83. The first-order chi connectivity index (χ1) is 12.6. The first-order valence-corrected chi connectivity index (χ1v) is 8.95. The fourth-order valence-electron chi connectivity index (χ4n) is 4.02. The van der Waals surface area contributed by atoms with E-state index in [0.29, 0.717) is 6.42 Å². The number of nitrogens with zero attached hydrogens (tertiary/aromatic N) is 2. The monoisotopic (exact) mass is 352 g/mol. The van der Waals surface area contributed by atoms with Gasteiger partial charge >= 0.3 is 0 Å². The number of hydrogen-bond donors (Lipinski definition) is 0. The number of halogens is 1. The van der Waals surface area contributed by atoms with Crippen molar-refractivity contribution in [3.63, 3.8) is 0 Å². The zero-order valence-corrected chi connectivity index (χ0v) is 14.9. The molecule has 26 heavy (non-hydrogen) atoms. The maximum absolute atomic E-state index is 13.8. The van der Waals surface area contributed by atoms with Gasteiger partial charge in [0.1, 0.15) is 11.6 Å². The molecule has 0 radical (unpaired) electrons. The Balaban J connectivity index is 1.80. The standard InChI is InChI=1S/C21H21FN2O2/c1-3-19(25)24-21(14-5-4-6-15(22)11-14)18-9-7-13-12-16(26-2)8-10-17(13)20(18)23-24/h4-6,8,10-12,18,21H,3,7,9H2,1-2H3/t18-,21-/m1/s1. The molecule has 5 heteroatoms. The SMILES string of the molecule is CCC(=O)N1N=C2c3ccc(OC)cc3CC[C@H]2[C@H]1c1cccc(F)c1. The number of hydrogen-bond acceptors (Lipinski definition) is 3. The van der Waals surface area contributed by atoms with E-state index in [1.807, 2.05) is 31.2 Å². The quantitative estimate of drug-likeness (QED) is 0.835. The van der Waals surface area contributed by atoms with Crippen LogP contribution in [0.25, 0.3) is 0 Å². The Labute approximate surface area is 152 Å². The Bertz CT molecular complexity index is 893. The van der Waals surface area contributed by atoms with E-state index in [2.05, 4.69) is 0 Å². The number of fused-ring (bicyclic) bond motifs is 3. The average molecular weight is 352 g/mol. The second-order valence-corrected chi connectivity index (χ2v) is 6.75. The fraction of sp³-hybridized carbons (Fsp3) is 0.333. The summed E-state index contributed by atoms with van der Waals surface area (Å²) in [5.74, 6) is 0.564. The highest BCUT2D eigenvalue weighted by molar-refractivity contribution is 6.07. The van der Waals surface area contributed by atoms with Crippen molar-refractivity contribution in [2.24, 2.45) is 11.0 Å². The molecule has 0 bridgehead atoms. The molecule has 0 saturated carbocycles. The predicted octanol–water partition coefficient (Wildman–Crippen LogP) is 4.09. The van der Waals surface area contributed by atoms with Gasteiger partial charge in [-0.05, 0) is 54.3 Å². The Hall–Kier alpha value is -2.69. The number of carbonyl (C=O) groups is 1. The largest absolute Gasteiger partial charge is 0.497 e. The molecule has 2 aliphatic rings. The maximum Gasteiger partial charge on any atom is 0.242 e. The van der Waals surface area contributed by atoms with E-state index < -0.39 is 0 Å². The molecule has 2 atom stereocenters. The van der Waals surface area contributed by atoms with E-state index in [-0.39, 0.29) is 23.7 Å². The highest BCUT2D eigenvalue weighted by Gasteiger charge is 2.43. The van der Waals surface area contributed by atoms with Crippen LogP contribution in [-0.2, 0) is 11.2 Å². The van der Waals surface area contributed by atoms with Gasteiger partial charge in [0.15, 0.2) is 0 Å². The predicted molar refractivity (Wildman–Crippen MR) is 97.6 cm³/mol. The number of hydrazone groups is 1. The van der Waals surface area contributed by atoms with E-state index in [9.17, 15) is 9.18 Å². The van der Waals surface area contributed by atoms with Gasteiger partial charge in [-0.1, -0.05) is 19.1 Å². The summed E-state index contributed by atoms with van der Waals surface area (Å²) >= 11 is 0. The van der Waals surface area contributed by atoms with Crippen LogP contribution in [0.3, 0.4) is 0 Å². The first kappa shape index (κ1) is 16.8. The Kier molecular flexibility index (Phi) is 4.23. The molecule has 134 valence electrons. The number of benzene rings is 2. The first-order valence-electron chi connectivity index (χ1n) is 8.95. The summed E-state index contributed by atoms with van der Waals surface area (Å²) in [5, 5.41) is 6.27. The number of ether oxygens (including phenoxy) is 1. The van der Waals surface area contributed by atoms with Gasteiger partial charge in [-0.3, -0.25) is 4.79 Å². The topological polar surface area (TPSA) is 41.9 Å². The second-order valence-electron chi connectivity index (χ2n) is 6.75. The lowest BCUT2D eigenvalue weighted by Gasteiger charge is -2.29. The lowest BCUT2D eigenvalue weighted by molar-refractivity contribution is -0.133. The summed E-state index contributed by atoms with van der Waals surface area (Å²) < 4.78 is 19.1. The minimum Gasteiger partial charge on any atom is -0.497 e. The van der Waals surface area contributed by atoms with E-state index in [0.717, 1.165) is 35.4 Å². The lowest BCUT2D eigenvalue weighted by atomic mass is 9.77. The van der Waals surface area contributed by atoms with Crippen molar-refractivity contribution >= 4 is 11.6 Å². The van der Waals surface area contributed by atoms with Gasteiger partial charge in [0.05, 0.1) is 18.9 Å². The molecule has 1 aliphatic heterocycles. The van der Waals surface area contributed by atoms with E-state index in [1.54, 1.807) is 18.2 Å². The molecule has 0 aromatic heterocycles. The summed E-state index contributed by atoms with van der Waals surface area (Å²) in [4.78, 5) is 12.5. The van der Waals surface area contributed by atoms with Gasteiger partial charge in [0.25, 0.3) is 0 Å². The third kappa shape index (κ3) is 2.68. The van der Waals surface area contributed by atoms with Crippen LogP contribution in [0.15, 0.2) is 47.6 Å². The number of aryl methyl sites for hydroxylation is 1. The smallest absolute Gasteiger partial charge is 0.242 e. The Morgan fingerprint density at radius 2 is 2.15 bits per heavy atom. The van der Waals surface area contributed by atoms with Crippen LogP contribution in [-0.4, -0.2) is 23.7 Å². The van der Waals surface area contributed by atoms with Crippen molar-refractivity contribution in [3.05, 3.63) is 65.0 Å². The van der Waals surface area contributed by atoms with Gasteiger partial charge in [-0.25, -0.2) is 9.40 Å². The van der Waals surface area contributed by atoms with Crippen molar-refractivity contribution in [1.29, 1.82) is 0 Å². The molecular weight excluding hydrogens is 331 g/mol. The molecule has 0 N–H and O–H groups in total. The highest BCUT2D eigenvalue weighted by Crippen LogP contribution is 2.44. The molecule has 1 aliphatic carbocycles. The molecular formula is C21H21FN2O2. The minimum absolute atomic E-state index is 0.0452. The van der Waals surface area contributed by atoms with Crippen molar-refractivity contribution in [1.82, 2.24) is 5.01 Å². The molecule has 1 heterocycles. The molecule has 4 nitrogen and oxygen atoms in total. The maximum atomic E-state index is 13.8. The van der Waals surface area contributed by atoms with Gasteiger partial charge in [0.2, 0.25) is 5.91 Å². The summed E-state index contributed by atoms with van der Waals surface area (Å²) in [6.07, 6.45) is 2.12. The summed E-state index contributed by atoms with van der Waals surface area (Å²) in [7, 11) is 1.65. The summed E-state index contributed by atoms with van der Waals surface area (Å²) in [5.41, 5.74) is 3.97. The van der Waals surface area contributed by atoms with Crippen molar-refractivity contribution in [3.8, 4) is 5.75 Å². The molecule has 0 fully saturated rings. The van der Waals surface area contributed by atoms with Crippen LogP contribution in [0.2, 0.25) is 0 Å². The fourth-order valence-corrected chi connectivity index (χ4v) is 4.02. The van der Waals surface area contributed by atoms with Crippen LogP contribution in [0, 0.1) is 11.7 Å². The number of carbonyl (C=O) groups excluding carboxylic acids is 1. The second kappa shape index (κ2) is 6.56. The van der Waals surface area contributed by atoms with Gasteiger partial charge in [-0.2, -0.15) is 5.10 Å². The van der Waals surface area contributed by atoms with Crippen molar-refractivity contribution < 1.29 is 13.9 Å². The molecule has 2 aromatic rings. The minimum atomic E-state index is -0.291. The van der Waals surface area contributed by atoms with Gasteiger partial charge in [-0.15, -0.1) is 0 Å².